The van der Waals surface area contributed by atoms with Gasteiger partial charge in [0.15, 0.2) is 0 Å². The first-order valence-electron chi connectivity index (χ1n) is 7.23. The molecule has 0 unspecified atom stereocenters. The van der Waals surface area contributed by atoms with Crippen LogP contribution in [0.15, 0.2) is 18.2 Å². The third kappa shape index (κ3) is 6.07. The molecule has 6 heteroatoms. The van der Waals surface area contributed by atoms with Gasteiger partial charge in [-0.2, -0.15) is 11.8 Å². The smallest absolute Gasteiger partial charge is 0.233 e. The normalized spacial score (nSPS) is 11.8. The lowest BCUT2D eigenvalue weighted by Gasteiger charge is -2.16. The Balaban J connectivity index is 2.50. The lowest BCUT2D eigenvalue weighted by atomic mass is 10.1. The molecule has 0 saturated carbocycles. The van der Waals surface area contributed by atoms with Crippen LogP contribution in [0.25, 0.3) is 0 Å². The Morgan fingerprint density at radius 1 is 1.27 bits per heavy atom. The van der Waals surface area contributed by atoms with Crippen molar-refractivity contribution in [2.45, 2.75) is 32.7 Å². The van der Waals surface area contributed by atoms with E-state index in [0.29, 0.717) is 6.42 Å². The van der Waals surface area contributed by atoms with Crippen LogP contribution in [-0.4, -0.2) is 41.6 Å². The van der Waals surface area contributed by atoms with Gasteiger partial charge in [0, 0.05) is 5.69 Å². The summed E-state index contributed by atoms with van der Waals surface area (Å²) in [4.78, 5) is 23.8. The number of hydrogen-bond donors (Lipinski definition) is 3. The number of amides is 2. The van der Waals surface area contributed by atoms with Gasteiger partial charge >= 0.3 is 0 Å². The molecule has 0 aliphatic carbocycles. The van der Waals surface area contributed by atoms with Crippen LogP contribution in [0, 0.1) is 13.8 Å². The molecular formula is C16H24N2O3S. The molecule has 22 heavy (non-hydrogen) atoms. The van der Waals surface area contributed by atoms with E-state index in [1.54, 1.807) is 11.8 Å². The minimum absolute atomic E-state index is 0.120. The highest BCUT2D eigenvalue weighted by molar-refractivity contribution is 7.98. The number of benzene rings is 1. The number of nitrogens with one attached hydrogen (secondary N) is 2. The minimum Gasteiger partial charge on any atom is -0.394 e. The minimum atomic E-state index is -0.372. The predicted molar refractivity (Wildman–Crippen MR) is 91.2 cm³/mol. The predicted octanol–water partition coefficient (Wildman–Crippen LogP) is 1.86. The van der Waals surface area contributed by atoms with Crippen molar-refractivity contribution in [2.75, 3.05) is 23.9 Å². The molecule has 5 nitrogen and oxygen atoms in total. The summed E-state index contributed by atoms with van der Waals surface area (Å²) in [6.07, 6.45) is 2.40. The number of thioether (sulfide) groups is 1. The maximum atomic E-state index is 11.9. The van der Waals surface area contributed by atoms with Gasteiger partial charge in [-0.15, -0.1) is 0 Å². The first kappa shape index (κ1) is 18.5. The van der Waals surface area contributed by atoms with Gasteiger partial charge in [-0.05, 0) is 49.5 Å². The Labute approximate surface area is 135 Å². The number of anilines is 1. The average molecular weight is 324 g/mol. The van der Waals surface area contributed by atoms with Gasteiger partial charge in [0.1, 0.15) is 6.42 Å². The van der Waals surface area contributed by atoms with Crippen LogP contribution in [-0.2, 0) is 9.59 Å². The van der Waals surface area contributed by atoms with Crippen molar-refractivity contribution in [2.24, 2.45) is 0 Å². The van der Waals surface area contributed by atoms with E-state index in [1.165, 1.54) is 0 Å². The highest BCUT2D eigenvalue weighted by atomic mass is 32.2. The summed E-state index contributed by atoms with van der Waals surface area (Å²) in [6.45, 7) is 3.77. The van der Waals surface area contributed by atoms with E-state index >= 15 is 0 Å². The fourth-order valence-electron chi connectivity index (χ4n) is 1.97. The van der Waals surface area contributed by atoms with E-state index in [0.717, 1.165) is 22.6 Å². The van der Waals surface area contributed by atoms with Crippen LogP contribution in [0.1, 0.15) is 24.0 Å². The monoisotopic (exact) mass is 324 g/mol. The Morgan fingerprint density at radius 2 is 2.00 bits per heavy atom. The summed E-state index contributed by atoms with van der Waals surface area (Å²) in [7, 11) is 0. The zero-order valence-electron chi connectivity index (χ0n) is 13.3. The maximum Gasteiger partial charge on any atom is 0.233 e. The molecule has 0 fully saturated rings. The maximum absolute atomic E-state index is 11.9. The van der Waals surface area contributed by atoms with E-state index in [2.05, 4.69) is 10.6 Å². The highest BCUT2D eigenvalue weighted by Gasteiger charge is 2.15. The lowest BCUT2D eigenvalue weighted by Crippen LogP contribution is -2.39. The molecule has 0 bridgehead atoms. The number of rotatable bonds is 8. The second-order valence-electron chi connectivity index (χ2n) is 5.20. The molecule has 122 valence electrons. The number of aliphatic hydroxyl groups is 1. The fourth-order valence-corrected chi connectivity index (χ4v) is 2.49. The molecule has 0 heterocycles. The molecule has 1 aromatic carbocycles. The second kappa shape index (κ2) is 9.48. The summed E-state index contributed by atoms with van der Waals surface area (Å²) >= 11 is 1.65. The van der Waals surface area contributed by atoms with Gasteiger partial charge in [-0.1, -0.05) is 12.1 Å². The Hall–Kier alpha value is -1.53. The number of hydrogen-bond acceptors (Lipinski definition) is 4. The van der Waals surface area contributed by atoms with Crippen LogP contribution in [0.5, 0.6) is 0 Å². The molecule has 0 aliphatic rings. The summed E-state index contributed by atoms with van der Waals surface area (Å²) in [5, 5.41) is 14.6. The third-order valence-corrected chi connectivity index (χ3v) is 4.10. The molecule has 0 saturated heterocycles. The first-order valence-corrected chi connectivity index (χ1v) is 8.62. The van der Waals surface area contributed by atoms with Gasteiger partial charge in [0.25, 0.3) is 0 Å². The van der Waals surface area contributed by atoms with Gasteiger partial charge < -0.3 is 15.7 Å². The van der Waals surface area contributed by atoms with Crippen molar-refractivity contribution in [1.82, 2.24) is 5.32 Å². The lowest BCUT2D eigenvalue weighted by molar-refractivity contribution is -0.127. The topological polar surface area (TPSA) is 78.4 Å². The van der Waals surface area contributed by atoms with Gasteiger partial charge in [0.2, 0.25) is 11.8 Å². The Kier molecular flexibility index (Phi) is 7.98. The van der Waals surface area contributed by atoms with E-state index in [9.17, 15) is 14.7 Å². The molecule has 3 N–H and O–H groups in total. The molecule has 2 amide bonds. The SMILES string of the molecule is CSCC[C@@H](CO)NC(=O)CC(=O)Nc1cccc(C)c1C. The molecule has 0 aromatic heterocycles. The standard InChI is InChI=1S/C16H24N2O3S/c1-11-5-4-6-14(12(11)2)18-16(21)9-15(20)17-13(10-19)7-8-22-3/h4-6,13,19H,7-10H2,1-3H3,(H,17,20)(H,18,21)/t13-/m0/s1. The number of aryl methyl sites for hydroxylation is 1. The molecule has 0 spiro atoms. The first-order chi connectivity index (χ1) is 10.5. The largest absolute Gasteiger partial charge is 0.394 e. The van der Waals surface area contributed by atoms with E-state index < -0.39 is 0 Å². The Bertz CT molecular complexity index is 520. The summed E-state index contributed by atoms with van der Waals surface area (Å²) in [5.74, 6) is 0.121. The quantitative estimate of drug-likeness (QED) is 0.638. The fraction of sp³-hybridized carbons (Fsp3) is 0.500. The van der Waals surface area contributed by atoms with Crippen molar-refractivity contribution < 1.29 is 14.7 Å². The van der Waals surface area contributed by atoms with E-state index in [-0.39, 0.29) is 30.9 Å². The highest BCUT2D eigenvalue weighted by Crippen LogP contribution is 2.18. The van der Waals surface area contributed by atoms with Crippen LogP contribution in [0.4, 0.5) is 5.69 Å². The summed E-state index contributed by atoms with van der Waals surface area (Å²) < 4.78 is 0. The van der Waals surface area contributed by atoms with Crippen molar-refractivity contribution in [1.29, 1.82) is 0 Å². The van der Waals surface area contributed by atoms with Crippen molar-refractivity contribution >= 4 is 29.3 Å². The van der Waals surface area contributed by atoms with Crippen LogP contribution >= 0.6 is 11.8 Å². The average Bonchev–Trinajstić information content (AvgIpc) is 2.48. The van der Waals surface area contributed by atoms with Gasteiger partial charge in [-0.25, -0.2) is 0 Å². The molecule has 1 atom stereocenters. The molecule has 0 aliphatic heterocycles. The van der Waals surface area contributed by atoms with Crippen molar-refractivity contribution in [3.8, 4) is 0 Å². The summed E-state index contributed by atoms with van der Waals surface area (Å²) in [6, 6.07) is 5.35. The third-order valence-electron chi connectivity index (χ3n) is 3.46. The van der Waals surface area contributed by atoms with Crippen LogP contribution < -0.4 is 10.6 Å². The second-order valence-corrected chi connectivity index (χ2v) is 6.19. The van der Waals surface area contributed by atoms with Gasteiger partial charge in [-0.3, -0.25) is 9.59 Å². The molecule has 1 rings (SSSR count). The van der Waals surface area contributed by atoms with Gasteiger partial charge in [0.05, 0.1) is 12.6 Å². The molecule has 0 radical (unpaired) electrons. The number of carbonyl (C=O) groups excluding carboxylic acids is 2. The van der Waals surface area contributed by atoms with Crippen molar-refractivity contribution in [3.63, 3.8) is 0 Å². The number of carbonyl (C=O) groups is 2. The summed E-state index contributed by atoms with van der Waals surface area (Å²) in [5.41, 5.74) is 2.79. The Morgan fingerprint density at radius 3 is 2.64 bits per heavy atom. The molecular weight excluding hydrogens is 300 g/mol. The molecule has 1 aromatic rings. The zero-order chi connectivity index (χ0) is 16.5. The van der Waals surface area contributed by atoms with Crippen LogP contribution in [0.2, 0.25) is 0 Å². The van der Waals surface area contributed by atoms with Crippen molar-refractivity contribution in [3.05, 3.63) is 29.3 Å². The van der Waals surface area contributed by atoms with E-state index in [4.69, 9.17) is 0 Å². The van der Waals surface area contributed by atoms with E-state index in [1.807, 2.05) is 38.3 Å². The number of aliphatic hydroxyl groups excluding tert-OH is 1. The van der Waals surface area contributed by atoms with Crippen LogP contribution in [0.3, 0.4) is 0 Å². The zero-order valence-corrected chi connectivity index (χ0v) is 14.1.